The lowest BCUT2D eigenvalue weighted by molar-refractivity contribution is 0.0947. The molecule has 0 aliphatic heterocycles. The summed E-state index contributed by atoms with van der Waals surface area (Å²) in [5.41, 5.74) is 2.58. The van der Waals surface area contributed by atoms with Crippen molar-refractivity contribution in [2.45, 2.75) is 26.8 Å². The molecule has 0 aliphatic carbocycles. The third-order valence-electron chi connectivity index (χ3n) is 3.71. The Hall–Kier alpha value is -3.03. The highest BCUT2D eigenvalue weighted by atomic mass is 16.1. The summed E-state index contributed by atoms with van der Waals surface area (Å²) < 4.78 is 3.57. The molecule has 1 atom stereocenters. The number of nitrogens with zero attached hydrogens (tertiary/aromatic N) is 6. The van der Waals surface area contributed by atoms with Gasteiger partial charge in [-0.1, -0.05) is 0 Å². The summed E-state index contributed by atoms with van der Waals surface area (Å²) in [7, 11) is 0. The van der Waals surface area contributed by atoms with Crippen LogP contribution >= 0.6 is 0 Å². The molecule has 0 saturated carbocycles. The van der Waals surface area contributed by atoms with Gasteiger partial charge in [0.25, 0.3) is 5.91 Å². The summed E-state index contributed by atoms with van der Waals surface area (Å²) in [6, 6.07) is 5.47. The first-order valence-electron chi connectivity index (χ1n) is 7.66. The van der Waals surface area contributed by atoms with E-state index in [-0.39, 0.29) is 11.9 Å². The average Bonchev–Trinajstić information content (AvgIpc) is 3.22. The van der Waals surface area contributed by atoms with Crippen LogP contribution in [0, 0.1) is 13.8 Å². The van der Waals surface area contributed by atoms with Gasteiger partial charge in [0, 0.05) is 24.0 Å². The largest absolute Gasteiger partial charge is 0.350 e. The van der Waals surface area contributed by atoms with Gasteiger partial charge in [-0.05, 0) is 39.0 Å². The fourth-order valence-electron chi connectivity index (χ4n) is 2.54. The number of hydrogen-bond acceptors (Lipinski definition) is 5. The molecule has 0 fully saturated rings. The Morgan fingerprint density at radius 3 is 2.67 bits per heavy atom. The maximum absolute atomic E-state index is 12.4. The van der Waals surface area contributed by atoms with Crippen LogP contribution < -0.4 is 5.32 Å². The normalized spacial score (nSPS) is 12.1. The maximum Gasteiger partial charge on any atom is 0.251 e. The SMILES string of the molecule is Cc1cc(C)n([C@@H](C)CNC(=O)c2ccnc(-n3cnnc3)c2)n1. The van der Waals surface area contributed by atoms with Gasteiger partial charge in [-0.3, -0.25) is 14.0 Å². The van der Waals surface area contributed by atoms with Crippen molar-refractivity contribution in [1.29, 1.82) is 0 Å². The van der Waals surface area contributed by atoms with Gasteiger partial charge in [-0.15, -0.1) is 10.2 Å². The second-order valence-corrected chi connectivity index (χ2v) is 5.70. The summed E-state index contributed by atoms with van der Waals surface area (Å²) in [6.07, 6.45) is 4.67. The summed E-state index contributed by atoms with van der Waals surface area (Å²) >= 11 is 0. The molecule has 0 aliphatic rings. The van der Waals surface area contributed by atoms with Crippen LogP contribution in [0.3, 0.4) is 0 Å². The van der Waals surface area contributed by atoms with E-state index in [4.69, 9.17) is 0 Å². The van der Waals surface area contributed by atoms with Crippen LogP contribution in [-0.4, -0.2) is 42.0 Å². The van der Waals surface area contributed by atoms with E-state index >= 15 is 0 Å². The van der Waals surface area contributed by atoms with Crippen molar-refractivity contribution in [2.24, 2.45) is 0 Å². The van der Waals surface area contributed by atoms with Crippen molar-refractivity contribution in [3.8, 4) is 5.82 Å². The van der Waals surface area contributed by atoms with E-state index < -0.39 is 0 Å². The van der Waals surface area contributed by atoms with Crippen LogP contribution in [0.4, 0.5) is 0 Å². The van der Waals surface area contributed by atoms with E-state index in [9.17, 15) is 4.79 Å². The zero-order chi connectivity index (χ0) is 17.1. The molecule has 124 valence electrons. The number of carbonyl (C=O) groups excluding carboxylic acids is 1. The molecule has 24 heavy (non-hydrogen) atoms. The second kappa shape index (κ2) is 6.61. The first kappa shape index (κ1) is 15.9. The monoisotopic (exact) mass is 325 g/mol. The highest BCUT2D eigenvalue weighted by Crippen LogP contribution is 2.11. The van der Waals surface area contributed by atoms with Crippen LogP contribution in [0.25, 0.3) is 5.82 Å². The van der Waals surface area contributed by atoms with Crippen LogP contribution in [0.5, 0.6) is 0 Å². The van der Waals surface area contributed by atoms with E-state index in [2.05, 4.69) is 25.6 Å². The first-order chi connectivity index (χ1) is 11.5. The van der Waals surface area contributed by atoms with Gasteiger partial charge >= 0.3 is 0 Å². The van der Waals surface area contributed by atoms with Crippen LogP contribution in [0.2, 0.25) is 0 Å². The van der Waals surface area contributed by atoms with Gasteiger partial charge in [0.1, 0.15) is 18.5 Å². The molecule has 0 saturated heterocycles. The lowest BCUT2D eigenvalue weighted by atomic mass is 10.2. The number of amides is 1. The number of carbonyl (C=O) groups is 1. The van der Waals surface area contributed by atoms with Crippen molar-refractivity contribution in [1.82, 2.24) is 34.8 Å². The van der Waals surface area contributed by atoms with E-state index in [0.29, 0.717) is 17.9 Å². The molecular weight excluding hydrogens is 306 g/mol. The van der Waals surface area contributed by atoms with Crippen molar-refractivity contribution < 1.29 is 4.79 Å². The van der Waals surface area contributed by atoms with E-state index in [0.717, 1.165) is 11.4 Å². The highest BCUT2D eigenvalue weighted by molar-refractivity contribution is 5.94. The maximum atomic E-state index is 12.4. The zero-order valence-electron chi connectivity index (χ0n) is 13.8. The van der Waals surface area contributed by atoms with Gasteiger partial charge in [-0.25, -0.2) is 4.98 Å². The molecule has 3 heterocycles. The van der Waals surface area contributed by atoms with Crippen molar-refractivity contribution in [3.63, 3.8) is 0 Å². The number of rotatable bonds is 5. The lowest BCUT2D eigenvalue weighted by Crippen LogP contribution is -2.30. The third-order valence-corrected chi connectivity index (χ3v) is 3.71. The van der Waals surface area contributed by atoms with E-state index in [1.807, 2.05) is 31.5 Å². The minimum Gasteiger partial charge on any atom is -0.350 e. The Balaban J connectivity index is 1.67. The number of aromatic nitrogens is 6. The predicted octanol–water partition coefficient (Wildman–Crippen LogP) is 1.47. The molecule has 0 bridgehead atoms. The van der Waals surface area contributed by atoms with Crippen LogP contribution in [-0.2, 0) is 0 Å². The predicted molar refractivity (Wildman–Crippen MR) is 87.9 cm³/mol. The van der Waals surface area contributed by atoms with Gasteiger partial charge in [0.15, 0.2) is 0 Å². The molecule has 3 rings (SSSR count). The number of aryl methyl sites for hydroxylation is 2. The topological polar surface area (TPSA) is 90.5 Å². The van der Waals surface area contributed by atoms with Crippen molar-refractivity contribution in [3.05, 3.63) is 54.0 Å². The summed E-state index contributed by atoms with van der Waals surface area (Å²) in [6.45, 7) is 6.48. The molecule has 0 unspecified atom stereocenters. The first-order valence-corrected chi connectivity index (χ1v) is 7.66. The Labute approximate surface area is 139 Å². The summed E-state index contributed by atoms with van der Waals surface area (Å²) in [5.74, 6) is 0.444. The molecule has 1 amide bonds. The summed E-state index contributed by atoms with van der Waals surface area (Å²) in [5, 5.41) is 14.9. The van der Waals surface area contributed by atoms with Gasteiger partial charge in [0.2, 0.25) is 0 Å². The molecule has 8 heteroatoms. The van der Waals surface area contributed by atoms with Crippen LogP contribution in [0.1, 0.15) is 34.7 Å². The van der Waals surface area contributed by atoms with Crippen LogP contribution in [0.15, 0.2) is 37.1 Å². The minimum atomic E-state index is -0.153. The highest BCUT2D eigenvalue weighted by Gasteiger charge is 2.13. The molecule has 0 spiro atoms. The Kier molecular flexibility index (Phi) is 4.37. The smallest absolute Gasteiger partial charge is 0.251 e. The lowest BCUT2D eigenvalue weighted by Gasteiger charge is -2.15. The number of hydrogen-bond donors (Lipinski definition) is 1. The summed E-state index contributed by atoms with van der Waals surface area (Å²) in [4.78, 5) is 16.6. The number of nitrogens with one attached hydrogen (secondary N) is 1. The number of pyridine rings is 1. The minimum absolute atomic E-state index is 0.0711. The van der Waals surface area contributed by atoms with Gasteiger partial charge < -0.3 is 5.32 Å². The molecular formula is C16H19N7O. The second-order valence-electron chi connectivity index (χ2n) is 5.70. The molecule has 1 N–H and O–H groups in total. The van der Waals surface area contributed by atoms with Crippen molar-refractivity contribution in [2.75, 3.05) is 6.54 Å². The van der Waals surface area contributed by atoms with E-state index in [1.54, 1.807) is 22.9 Å². The van der Waals surface area contributed by atoms with E-state index in [1.165, 1.54) is 12.7 Å². The van der Waals surface area contributed by atoms with Gasteiger partial charge in [-0.2, -0.15) is 5.10 Å². The Morgan fingerprint density at radius 1 is 1.25 bits per heavy atom. The third kappa shape index (κ3) is 3.32. The fraction of sp³-hybridized carbons (Fsp3) is 0.312. The molecule has 8 nitrogen and oxygen atoms in total. The Bertz CT molecular complexity index is 838. The molecule has 3 aromatic heterocycles. The van der Waals surface area contributed by atoms with Gasteiger partial charge in [0.05, 0.1) is 11.7 Å². The average molecular weight is 325 g/mol. The molecule has 3 aromatic rings. The van der Waals surface area contributed by atoms with Crippen molar-refractivity contribution >= 4 is 5.91 Å². The molecule has 0 radical (unpaired) electrons. The fourth-order valence-corrected chi connectivity index (χ4v) is 2.54. The zero-order valence-corrected chi connectivity index (χ0v) is 13.8. The standard InChI is InChI=1S/C16H19N7O/c1-11-6-12(2)23(21-11)13(3)8-18-16(24)14-4-5-17-15(7-14)22-9-19-20-10-22/h4-7,9-10,13H,8H2,1-3H3,(H,18,24)/t13-/m0/s1. The molecule has 0 aromatic carbocycles. The Morgan fingerprint density at radius 2 is 2.00 bits per heavy atom. The quantitative estimate of drug-likeness (QED) is 0.767.